The number of urea groups is 1. The molecule has 0 radical (unpaired) electrons. The number of carbonyl (C=O) groups excluding carboxylic acids is 1. The number of hydrazine groups is 1. The molecule has 3 saturated heterocycles. The summed E-state index contributed by atoms with van der Waals surface area (Å²) in [5, 5.41) is 14.8. The van der Waals surface area contributed by atoms with Gasteiger partial charge in [-0.3, -0.25) is 5.21 Å². The Hall–Kier alpha value is -0.930. The van der Waals surface area contributed by atoms with E-state index in [4.69, 9.17) is 14.2 Å². The molecule has 3 fully saturated rings. The minimum Gasteiger partial charge on any atom is -0.372 e. The number of amides is 2. The van der Waals surface area contributed by atoms with E-state index in [9.17, 15) is 10.0 Å². The van der Waals surface area contributed by atoms with Gasteiger partial charge in [-0.25, -0.2) is 9.80 Å². The summed E-state index contributed by atoms with van der Waals surface area (Å²) in [6.45, 7) is 3.05. The number of epoxide rings is 3. The number of hydrogen-bond donors (Lipinski definition) is 2. The minimum atomic E-state index is -0.343. The zero-order valence-corrected chi connectivity index (χ0v) is 9.95. The van der Waals surface area contributed by atoms with Crippen LogP contribution in [0.15, 0.2) is 0 Å². The lowest BCUT2D eigenvalue weighted by atomic mass is 10.4. The van der Waals surface area contributed by atoms with Crippen molar-refractivity contribution in [2.24, 2.45) is 0 Å². The fourth-order valence-electron chi connectivity index (χ4n) is 1.58. The highest BCUT2D eigenvalue weighted by Gasteiger charge is 2.35. The summed E-state index contributed by atoms with van der Waals surface area (Å²) in [7, 11) is 0. The number of ether oxygens (including phenoxy) is 3. The van der Waals surface area contributed by atoms with Crippen molar-refractivity contribution in [3.05, 3.63) is 0 Å². The molecule has 0 aliphatic carbocycles. The maximum Gasteiger partial charge on any atom is 0.333 e. The monoisotopic (exact) mass is 259 g/mol. The second-order valence-electron chi connectivity index (χ2n) is 4.69. The van der Waals surface area contributed by atoms with Crippen LogP contribution >= 0.6 is 0 Å². The van der Waals surface area contributed by atoms with Crippen LogP contribution < -0.4 is 5.32 Å². The summed E-state index contributed by atoms with van der Waals surface area (Å²) in [6, 6.07) is -0.343. The lowest BCUT2D eigenvalue weighted by Gasteiger charge is -2.28. The van der Waals surface area contributed by atoms with Gasteiger partial charge in [-0.15, -0.1) is 0 Å². The molecule has 0 saturated carbocycles. The van der Waals surface area contributed by atoms with Crippen molar-refractivity contribution in [3.8, 4) is 0 Å². The SMILES string of the molecule is O=C(NCC1CO1)N(CC1CO1)N(O)CC1CO1. The van der Waals surface area contributed by atoms with E-state index in [2.05, 4.69) is 5.32 Å². The minimum absolute atomic E-state index is 0.0113. The first-order valence-corrected chi connectivity index (χ1v) is 6.09. The van der Waals surface area contributed by atoms with Crippen LogP contribution in [0.4, 0.5) is 4.79 Å². The van der Waals surface area contributed by atoms with Gasteiger partial charge in [-0.2, -0.15) is 0 Å². The quantitative estimate of drug-likeness (QED) is 0.440. The lowest BCUT2D eigenvalue weighted by molar-refractivity contribution is -0.222. The molecule has 18 heavy (non-hydrogen) atoms. The molecule has 8 nitrogen and oxygen atoms in total. The molecule has 8 heteroatoms. The molecule has 0 aromatic carbocycles. The van der Waals surface area contributed by atoms with Crippen molar-refractivity contribution in [3.63, 3.8) is 0 Å². The molecule has 0 bridgehead atoms. The van der Waals surface area contributed by atoms with Crippen molar-refractivity contribution in [1.82, 2.24) is 15.5 Å². The summed E-state index contributed by atoms with van der Waals surface area (Å²) in [6.07, 6.45) is 0.145. The highest BCUT2D eigenvalue weighted by molar-refractivity contribution is 5.73. The van der Waals surface area contributed by atoms with Gasteiger partial charge < -0.3 is 19.5 Å². The average Bonchev–Trinajstić information content (AvgIpc) is 3.19. The van der Waals surface area contributed by atoms with Crippen molar-refractivity contribution < 1.29 is 24.2 Å². The summed E-state index contributed by atoms with van der Waals surface area (Å²) < 4.78 is 15.1. The number of nitrogens with zero attached hydrogens (tertiary/aromatic N) is 2. The number of nitrogens with one attached hydrogen (secondary N) is 1. The highest BCUT2D eigenvalue weighted by atomic mass is 16.6. The van der Waals surface area contributed by atoms with Crippen LogP contribution in [0.2, 0.25) is 0 Å². The summed E-state index contributed by atoms with van der Waals surface area (Å²) in [5.41, 5.74) is 0. The van der Waals surface area contributed by atoms with Crippen LogP contribution in [0.3, 0.4) is 0 Å². The Morgan fingerprint density at radius 3 is 2.22 bits per heavy atom. The molecule has 2 amide bonds. The Morgan fingerprint density at radius 1 is 1.11 bits per heavy atom. The van der Waals surface area contributed by atoms with Gasteiger partial charge in [0.25, 0.3) is 0 Å². The van der Waals surface area contributed by atoms with Gasteiger partial charge in [0.2, 0.25) is 0 Å². The second-order valence-corrected chi connectivity index (χ2v) is 4.69. The summed E-state index contributed by atoms with van der Waals surface area (Å²) in [4.78, 5) is 11.9. The Kier molecular flexibility index (Phi) is 3.35. The molecule has 3 atom stereocenters. The normalized spacial score (nSPS) is 32.2. The van der Waals surface area contributed by atoms with E-state index in [0.717, 1.165) is 5.17 Å². The number of carbonyl (C=O) groups is 1. The Balaban J connectivity index is 1.49. The summed E-state index contributed by atoms with van der Waals surface area (Å²) in [5.74, 6) is 0. The van der Waals surface area contributed by atoms with Gasteiger partial charge in [0, 0.05) is 6.54 Å². The van der Waals surface area contributed by atoms with Crippen molar-refractivity contribution >= 4 is 6.03 Å². The van der Waals surface area contributed by atoms with Crippen LogP contribution in [0.1, 0.15) is 0 Å². The van der Waals surface area contributed by atoms with E-state index in [1.807, 2.05) is 0 Å². The molecule has 3 aliphatic rings. The van der Waals surface area contributed by atoms with E-state index < -0.39 is 0 Å². The van der Waals surface area contributed by atoms with Crippen LogP contribution in [-0.4, -0.2) is 79.2 Å². The van der Waals surface area contributed by atoms with Crippen LogP contribution in [-0.2, 0) is 14.2 Å². The number of hydrogen-bond acceptors (Lipinski definition) is 6. The molecule has 0 aromatic heterocycles. The molecule has 102 valence electrons. The van der Waals surface area contributed by atoms with Gasteiger partial charge in [-0.1, -0.05) is 5.17 Å². The third-order valence-corrected chi connectivity index (χ3v) is 2.94. The van der Waals surface area contributed by atoms with Crippen LogP contribution in [0, 0.1) is 0 Å². The first kappa shape index (κ1) is 12.1. The summed E-state index contributed by atoms with van der Waals surface area (Å²) >= 11 is 0. The Bertz CT molecular complexity index is 317. The van der Waals surface area contributed by atoms with Crippen LogP contribution in [0.5, 0.6) is 0 Å². The largest absolute Gasteiger partial charge is 0.372 e. The van der Waals surface area contributed by atoms with Gasteiger partial charge in [-0.05, 0) is 0 Å². The Morgan fingerprint density at radius 2 is 1.67 bits per heavy atom. The maximum absolute atomic E-state index is 11.9. The number of rotatable bonds is 7. The molecule has 3 heterocycles. The van der Waals surface area contributed by atoms with E-state index in [1.54, 1.807) is 0 Å². The van der Waals surface area contributed by atoms with Gasteiger partial charge in [0.1, 0.15) is 6.10 Å². The van der Waals surface area contributed by atoms with Gasteiger partial charge in [0.15, 0.2) is 0 Å². The van der Waals surface area contributed by atoms with Crippen molar-refractivity contribution in [2.75, 3.05) is 39.5 Å². The average molecular weight is 259 g/mol. The fourth-order valence-corrected chi connectivity index (χ4v) is 1.58. The third-order valence-electron chi connectivity index (χ3n) is 2.94. The van der Waals surface area contributed by atoms with Crippen molar-refractivity contribution in [2.45, 2.75) is 18.3 Å². The van der Waals surface area contributed by atoms with Crippen molar-refractivity contribution in [1.29, 1.82) is 0 Å². The Labute approximate surface area is 104 Å². The first-order valence-electron chi connectivity index (χ1n) is 6.09. The molecule has 3 rings (SSSR count). The van der Waals surface area contributed by atoms with Crippen LogP contribution in [0.25, 0.3) is 0 Å². The predicted molar refractivity (Wildman–Crippen MR) is 57.8 cm³/mol. The molecule has 3 aliphatic heterocycles. The standard InChI is InChI=1S/C10H17N3O5/c14-10(11-1-7-4-16-7)12(2-8-5-17-8)13(15)3-9-6-18-9/h7-9,15H,1-6H2,(H,11,14). The van der Waals surface area contributed by atoms with E-state index >= 15 is 0 Å². The van der Waals surface area contributed by atoms with E-state index in [0.29, 0.717) is 39.5 Å². The zero-order valence-electron chi connectivity index (χ0n) is 9.95. The molecule has 2 N–H and O–H groups in total. The lowest BCUT2D eigenvalue weighted by Crippen LogP contribution is -2.52. The van der Waals surface area contributed by atoms with Gasteiger partial charge >= 0.3 is 6.03 Å². The van der Waals surface area contributed by atoms with E-state index in [1.165, 1.54) is 5.01 Å². The topological polar surface area (TPSA) is 93.4 Å². The fraction of sp³-hybridized carbons (Fsp3) is 0.900. The molecular formula is C10H17N3O5. The smallest absolute Gasteiger partial charge is 0.333 e. The maximum atomic E-state index is 11.9. The molecular weight excluding hydrogens is 242 g/mol. The molecule has 0 aromatic rings. The predicted octanol–water partition coefficient (Wildman–Crippen LogP) is -1.20. The van der Waals surface area contributed by atoms with E-state index in [-0.39, 0.29) is 24.3 Å². The highest BCUT2D eigenvalue weighted by Crippen LogP contribution is 2.15. The zero-order chi connectivity index (χ0) is 12.5. The molecule has 0 spiro atoms. The first-order chi connectivity index (χ1) is 8.72. The second kappa shape index (κ2) is 4.98. The van der Waals surface area contributed by atoms with Gasteiger partial charge in [0.05, 0.1) is 45.1 Å². The third kappa shape index (κ3) is 3.53. The number of hydroxylamine groups is 1. The molecule has 3 unspecified atom stereocenters.